The standard InChI is InChI=1S/C10H16O6/c1-5-14-10(12)8(4)15-9(11)6(2)7(3)16-13/h7-8,13H,2,5H2,1,3-4H3/t7?,8-/m1/s1. The molecule has 0 fully saturated rings. The lowest BCUT2D eigenvalue weighted by Gasteiger charge is -2.14. The van der Waals surface area contributed by atoms with Crippen LogP contribution in [0.15, 0.2) is 12.2 Å². The van der Waals surface area contributed by atoms with Gasteiger partial charge in [-0.15, -0.1) is 0 Å². The maximum Gasteiger partial charge on any atom is 0.347 e. The molecule has 0 aromatic heterocycles. The van der Waals surface area contributed by atoms with E-state index >= 15 is 0 Å². The van der Waals surface area contributed by atoms with E-state index < -0.39 is 24.1 Å². The lowest BCUT2D eigenvalue weighted by molar-refractivity contribution is -0.264. The Morgan fingerprint density at radius 3 is 2.31 bits per heavy atom. The molecule has 6 nitrogen and oxygen atoms in total. The minimum atomic E-state index is -1.02. The number of carbonyl (C=O) groups is 2. The van der Waals surface area contributed by atoms with Crippen molar-refractivity contribution in [2.75, 3.05) is 6.61 Å². The van der Waals surface area contributed by atoms with Crippen molar-refractivity contribution in [1.29, 1.82) is 0 Å². The van der Waals surface area contributed by atoms with E-state index in [1.54, 1.807) is 6.92 Å². The van der Waals surface area contributed by atoms with Gasteiger partial charge >= 0.3 is 11.9 Å². The first-order valence-electron chi connectivity index (χ1n) is 4.80. The fraction of sp³-hybridized carbons (Fsp3) is 0.600. The van der Waals surface area contributed by atoms with Crippen molar-refractivity contribution in [2.45, 2.75) is 33.0 Å². The number of hydrogen-bond acceptors (Lipinski definition) is 6. The molecule has 1 unspecified atom stereocenters. The molecule has 0 aromatic carbocycles. The highest BCUT2D eigenvalue weighted by Crippen LogP contribution is 2.07. The summed E-state index contributed by atoms with van der Waals surface area (Å²) in [4.78, 5) is 26.4. The molecule has 0 heterocycles. The zero-order valence-corrected chi connectivity index (χ0v) is 9.56. The highest BCUT2D eigenvalue weighted by Gasteiger charge is 2.23. The third kappa shape index (κ3) is 4.41. The van der Waals surface area contributed by atoms with E-state index in [2.05, 4.69) is 16.2 Å². The number of hydrogen-bond donors (Lipinski definition) is 1. The molecule has 6 heteroatoms. The van der Waals surface area contributed by atoms with E-state index in [9.17, 15) is 9.59 Å². The second-order valence-electron chi connectivity index (χ2n) is 3.07. The zero-order chi connectivity index (χ0) is 12.7. The Morgan fingerprint density at radius 1 is 1.31 bits per heavy atom. The minimum absolute atomic E-state index is 0.0846. The second-order valence-corrected chi connectivity index (χ2v) is 3.07. The van der Waals surface area contributed by atoms with Crippen LogP contribution in [0.5, 0.6) is 0 Å². The van der Waals surface area contributed by atoms with Gasteiger partial charge in [-0.1, -0.05) is 6.58 Å². The molecule has 1 N–H and O–H groups in total. The van der Waals surface area contributed by atoms with Crippen LogP contribution in [-0.2, 0) is 24.0 Å². The molecule has 0 bridgehead atoms. The van der Waals surface area contributed by atoms with Gasteiger partial charge < -0.3 is 9.47 Å². The average Bonchev–Trinajstić information content (AvgIpc) is 2.26. The van der Waals surface area contributed by atoms with Crippen molar-refractivity contribution in [3.63, 3.8) is 0 Å². The molecule has 16 heavy (non-hydrogen) atoms. The van der Waals surface area contributed by atoms with Crippen LogP contribution >= 0.6 is 0 Å². The molecular weight excluding hydrogens is 216 g/mol. The highest BCUT2D eigenvalue weighted by atomic mass is 17.1. The highest BCUT2D eigenvalue weighted by molar-refractivity contribution is 5.90. The number of ether oxygens (including phenoxy) is 2. The van der Waals surface area contributed by atoms with Crippen molar-refractivity contribution in [2.24, 2.45) is 0 Å². The Morgan fingerprint density at radius 2 is 1.88 bits per heavy atom. The Kier molecular flexibility index (Phi) is 6.36. The zero-order valence-electron chi connectivity index (χ0n) is 9.56. The maximum atomic E-state index is 11.3. The van der Waals surface area contributed by atoms with Gasteiger partial charge in [0.15, 0.2) is 6.10 Å². The Labute approximate surface area is 93.7 Å². The van der Waals surface area contributed by atoms with E-state index in [4.69, 9.17) is 9.99 Å². The van der Waals surface area contributed by atoms with Gasteiger partial charge in [0.1, 0.15) is 6.10 Å². The van der Waals surface area contributed by atoms with Gasteiger partial charge in [0.05, 0.1) is 12.2 Å². The number of carbonyl (C=O) groups excluding carboxylic acids is 2. The summed E-state index contributed by atoms with van der Waals surface area (Å²) in [6.07, 6.45) is -1.91. The van der Waals surface area contributed by atoms with Crippen LogP contribution in [0.25, 0.3) is 0 Å². The first-order valence-corrected chi connectivity index (χ1v) is 4.80. The normalized spacial score (nSPS) is 13.8. The number of esters is 2. The number of rotatable bonds is 6. The van der Waals surface area contributed by atoms with E-state index in [1.165, 1.54) is 13.8 Å². The van der Waals surface area contributed by atoms with Crippen molar-refractivity contribution in [3.8, 4) is 0 Å². The molecular formula is C10H16O6. The van der Waals surface area contributed by atoms with Crippen LogP contribution in [0.1, 0.15) is 20.8 Å². The van der Waals surface area contributed by atoms with Gasteiger partial charge in [0.2, 0.25) is 0 Å². The summed E-state index contributed by atoms with van der Waals surface area (Å²) in [5.74, 6) is -1.46. The van der Waals surface area contributed by atoms with E-state index in [1.807, 2.05) is 0 Å². The third-order valence-electron chi connectivity index (χ3n) is 1.81. The first-order chi connectivity index (χ1) is 7.43. The fourth-order valence-corrected chi connectivity index (χ4v) is 0.774. The van der Waals surface area contributed by atoms with Crippen molar-refractivity contribution in [3.05, 3.63) is 12.2 Å². The van der Waals surface area contributed by atoms with Crippen molar-refractivity contribution >= 4 is 11.9 Å². The minimum Gasteiger partial charge on any atom is -0.463 e. The SMILES string of the molecule is C=C(C(=O)O[C@H](C)C(=O)OCC)C(C)OO. The Bertz CT molecular complexity index is 272. The summed E-state index contributed by atoms with van der Waals surface area (Å²) < 4.78 is 9.39. The molecule has 0 saturated carbocycles. The van der Waals surface area contributed by atoms with E-state index in [-0.39, 0.29) is 12.2 Å². The van der Waals surface area contributed by atoms with Crippen LogP contribution in [0.3, 0.4) is 0 Å². The molecule has 0 aliphatic carbocycles. The summed E-state index contributed by atoms with van der Waals surface area (Å²) in [6.45, 7) is 8.02. The molecule has 0 spiro atoms. The molecule has 0 radical (unpaired) electrons. The Balaban J connectivity index is 4.24. The second kappa shape index (κ2) is 6.97. The first kappa shape index (κ1) is 14.6. The summed E-state index contributed by atoms with van der Waals surface area (Å²) in [6, 6.07) is 0. The topological polar surface area (TPSA) is 82.1 Å². The van der Waals surface area contributed by atoms with Gasteiger partial charge in [-0.05, 0) is 20.8 Å². The van der Waals surface area contributed by atoms with Gasteiger partial charge in [-0.3, -0.25) is 5.26 Å². The van der Waals surface area contributed by atoms with E-state index in [0.717, 1.165) is 0 Å². The fourth-order valence-electron chi connectivity index (χ4n) is 0.774. The van der Waals surface area contributed by atoms with Crippen LogP contribution in [-0.4, -0.2) is 36.0 Å². The molecule has 0 aromatic rings. The van der Waals surface area contributed by atoms with Crippen molar-refractivity contribution < 1.29 is 29.2 Å². The monoisotopic (exact) mass is 232 g/mol. The molecule has 2 atom stereocenters. The maximum absolute atomic E-state index is 11.3. The molecule has 0 aliphatic heterocycles. The predicted molar refractivity (Wildman–Crippen MR) is 54.5 cm³/mol. The van der Waals surface area contributed by atoms with Gasteiger partial charge in [-0.25, -0.2) is 14.5 Å². The summed E-state index contributed by atoms with van der Waals surface area (Å²) >= 11 is 0. The lowest BCUT2D eigenvalue weighted by Crippen LogP contribution is -2.29. The summed E-state index contributed by atoms with van der Waals surface area (Å²) in [7, 11) is 0. The molecule has 0 aliphatic rings. The van der Waals surface area contributed by atoms with Crippen LogP contribution < -0.4 is 0 Å². The average molecular weight is 232 g/mol. The lowest BCUT2D eigenvalue weighted by atomic mass is 10.2. The predicted octanol–water partition coefficient (Wildman–Crippen LogP) is 0.915. The quantitative estimate of drug-likeness (QED) is 0.317. The van der Waals surface area contributed by atoms with Crippen LogP contribution in [0.2, 0.25) is 0 Å². The largest absolute Gasteiger partial charge is 0.463 e. The molecule has 0 amide bonds. The van der Waals surface area contributed by atoms with Gasteiger partial charge in [0.25, 0.3) is 0 Å². The van der Waals surface area contributed by atoms with Crippen LogP contribution in [0.4, 0.5) is 0 Å². The molecule has 0 rings (SSSR count). The summed E-state index contributed by atoms with van der Waals surface area (Å²) in [5.41, 5.74) is -0.0846. The molecule has 0 saturated heterocycles. The van der Waals surface area contributed by atoms with Gasteiger partial charge in [0, 0.05) is 0 Å². The van der Waals surface area contributed by atoms with Crippen molar-refractivity contribution in [1.82, 2.24) is 0 Å². The van der Waals surface area contributed by atoms with Gasteiger partial charge in [-0.2, -0.15) is 0 Å². The summed E-state index contributed by atoms with van der Waals surface area (Å²) in [5, 5.41) is 8.32. The van der Waals surface area contributed by atoms with Crippen LogP contribution in [0, 0.1) is 0 Å². The van der Waals surface area contributed by atoms with E-state index in [0.29, 0.717) is 0 Å². The molecule has 92 valence electrons. The Hall–Kier alpha value is -1.40. The smallest absolute Gasteiger partial charge is 0.347 e. The third-order valence-corrected chi connectivity index (χ3v) is 1.81.